The van der Waals surface area contributed by atoms with E-state index >= 15 is 0 Å². The third-order valence-electron chi connectivity index (χ3n) is 5.09. The van der Waals surface area contributed by atoms with Gasteiger partial charge in [-0.25, -0.2) is 8.78 Å². The van der Waals surface area contributed by atoms with Gasteiger partial charge < -0.3 is 10.2 Å². The van der Waals surface area contributed by atoms with Gasteiger partial charge in [0, 0.05) is 30.6 Å². The third-order valence-corrected chi connectivity index (χ3v) is 5.09. The fourth-order valence-electron chi connectivity index (χ4n) is 3.37. The highest BCUT2D eigenvalue weighted by Crippen LogP contribution is 2.29. The lowest BCUT2D eigenvalue weighted by molar-refractivity contribution is -0.137. The molecule has 1 N–H and O–H groups in total. The van der Waals surface area contributed by atoms with Crippen molar-refractivity contribution in [2.24, 2.45) is 5.92 Å². The van der Waals surface area contributed by atoms with Crippen LogP contribution in [0.25, 0.3) is 0 Å². The van der Waals surface area contributed by atoms with E-state index in [4.69, 9.17) is 0 Å². The molecular formula is C23H19F5N2O2. The summed E-state index contributed by atoms with van der Waals surface area (Å²) in [6.45, 7) is 0.447. The second kappa shape index (κ2) is 9.81. The molecule has 0 spiro atoms. The molecule has 32 heavy (non-hydrogen) atoms. The lowest BCUT2D eigenvalue weighted by Crippen LogP contribution is -2.43. The smallest absolute Gasteiger partial charge is 0.345 e. The Bertz CT molecular complexity index is 1060. The van der Waals surface area contributed by atoms with E-state index in [1.807, 2.05) is 0 Å². The van der Waals surface area contributed by atoms with E-state index in [1.54, 1.807) is 0 Å². The van der Waals surface area contributed by atoms with Gasteiger partial charge in [0.1, 0.15) is 11.6 Å². The molecule has 2 aromatic carbocycles. The average molecular weight is 450 g/mol. The van der Waals surface area contributed by atoms with Crippen molar-refractivity contribution in [2.75, 3.05) is 19.6 Å². The number of halogens is 5. The molecule has 168 valence electrons. The van der Waals surface area contributed by atoms with Crippen molar-refractivity contribution < 1.29 is 31.5 Å². The summed E-state index contributed by atoms with van der Waals surface area (Å²) in [5, 5.41) is 2.62. The maximum absolute atomic E-state index is 13.8. The molecule has 1 aliphatic rings. The Morgan fingerprint density at radius 1 is 1.06 bits per heavy atom. The zero-order valence-electron chi connectivity index (χ0n) is 16.8. The van der Waals surface area contributed by atoms with Gasteiger partial charge in [-0.05, 0) is 43.2 Å². The molecule has 0 saturated carbocycles. The van der Waals surface area contributed by atoms with Crippen LogP contribution in [0, 0.1) is 29.4 Å². The van der Waals surface area contributed by atoms with Crippen molar-refractivity contribution in [3.63, 3.8) is 0 Å². The molecule has 1 fully saturated rings. The molecule has 1 heterocycles. The lowest BCUT2D eigenvalue weighted by atomic mass is 9.95. The van der Waals surface area contributed by atoms with Crippen LogP contribution >= 0.6 is 0 Å². The normalized spacial score (nSPS) is 14.5. The van der Waals surface area contributed by atoms with Crippen LogP contribution in [0.5, 0.6) is 0 Å². The second-order valence-corrected chi connectivity index (χ2v) is 7.29. The number of likely N-dealkylation sites (tertiary alicyclic amines) is 1. The minimum Gasteiger partial charge on any atom is -0.345 e. The first-order valence-corrected chi connectivity index (χ1v) is 9.83. The first-order valence-electron chi connectivity index (χ1n) is 9.83. The first kappa shape index (κ1) is 23.3. The van der Waals surface area contributed by atoms with Crippen molar-refractivity contribution in [3.8, 4) is 11.8 Å². The Balaban J connectivity index is 1.48. The number of piperidine rings is 1. The summed E-state index contributed by atoms with van der Waals surface area (Å²) in [5.41, 5.74) is -0.830. The Labute approximate surface area is 181 Å². The van der Waals surface area contributed by atoms with Crippen molar-refractivity contribution in [2.45, 2.75) is 19.0 Å². The molecule has 0 unspecified atom stereocenters. The molecule has 0 radical (unpaired) electrons. The van der Waals surface area contributed by atoms with E-state index < -0.39 is 29.3 Å². The van der Waals surface area contributed by atoms with Crippen LogP contribution in [0.2, 0.25) is 0 Å². The maximum Gasteiger partial charge on any atom is 0.416 e. The standard InChI is InChI=1S/C23H19F5N2O2/c24-18-6-7-19(20(25)14-18)22(32)30-11-8-16(9-12-30)21(31)29-10-2-4-15-3-1-5-17(13-15)23(26,27)28/h1,3,5-7,13-14,16H,8-12H2,(H,29,31). The Kier molecular flexibility index (Phi) is 7.13. The number of benzene rings is 2. The molecule has 2 amide bonds. The van der Waals surface area contributed by atoms with Gasteiger partial charge in [0.2, 0.25) is 5.91 Å². The first-order chi connectivity index (χ1) is 15.1. The number of amides is 2. The number of hydrogen-bond donors (Lipinski definition) is 1. The van der Waals surface area contributed by atoms with Gasteiger partial charge in [-0.15, -0.1) is 0 Å². The van der Waals surface area contributed by atoms with Gasteiger partial charge in [0.25, 0.3) is 5.91 Å². The van der Waals surface area contributed by atoms with E-state index in [2.05, 4.69) is 17.2 Å². The predicted molar refractivity (Wildman–Crippen MR) is 106 cm³/mol. The molecule has 9 heteroatoms. The van der Waals surface area contributed by atoms with E-state index in [1.165, 1.54) is 17.0 Å². The van der Waals surface area contributed by atoms with Crippen LogP contribution in [0.3, 0.4) is 0 Å². The van der Waals surface area contributed by atoms with Crippen molar-refractivity contribution >= 4 is 11.8 Å². The third kappa shape index (κ3) is 5.84. The van der Waals surface area contributed by atoms with Crippen LogP contribution in [0.1, 0.15) is 34.3 Å². The highest BCUT2D eigenvalue weighted by atomic mass is 19.4. The minimum atomic E-state index is -4.45. The van der Waals surface area contributed by atoms with Gasteiger partial charge in [-0.3, -0.25) is 9.59 Å². The molecule has 2 aromatic rings. The molecule has 0 atom stereocenters. The van der Waals surface area contributed by atoms with E-state index in [0.29, 0.717) is 18.9 Å². The highest BCUT2D eigenvalue weighted by Gasteiger charge is 2.30. The second-order valence-electron chi connectivity index (χ2n) is 7.29. The molecular weight excluding hydrogens is 431 g/mol. The zero-order chi connectivity index (χ0) is 23.3. The van der Waals surface area contributed by atoms with Gasteiger partial charge in [-0.1, -0.05) is 17.9 Å². The van der Waals surface area contributed by atoms with E-state index in [0.717, 1.165) is 24.3 Å². The van der Waals surface area contributed by atoms with Crippen molar-refractivity contribution in [1.82, 2.24) is 10.2 Å². The largest absolute Gasteiger partial charge is 0.416 e. The summed E-state index contributed by atoms with van der Waals surface area (Å²) in [5.74, 6) is 2.30. The van der Waals surface area contributed by atoms with E-state index in [-0.39, 0.29) is 42.6 Å². The number of nitrogens with zero attached hydrogens (tertiary/aromatic N) is 1. The summed E-state index contributed by atoms with van der Waals surface area (Å²) in [7, 11) is 0. The number of hydrogen-bond acceptors (Lipinski definition) is 2. The topological polar surface area (TPSA) is 49.4 Å². The maximum atomic E-state index is 13.8. The summed E-state index contributed by atoms with van der Waals surface area (Å²) < 4.78 is 65.0. The Hall–Kier alpha value is -3.41. The number of carbonyl (C=O) groups is 2. The van der Waals surface area contributed by atoms with Gasteiger partial charge >= 0.3 is 6.18 Å². The number of alkyl halides is 3. The van der Waals surface area contributed by atoms with E-state index in [9.17, 15) is 31.5 Å². The van der Waals surface area contributed by atoms with Crippen LogP contribution in [0.15, 0.2) is 42.5 Å². The monoisotopic (exact) mass is 450 g/mol. The molecule has 4 nitrogen and oxygen atoms in total. The predicted octanol–water partition coefficient (Wildman–Crippen LogP) is 4.00. The SMILES string of the molecule is O=C(NCC#Cc1cccc(C(F)(F)F)c1)C1CCN(C(=O)c2ccc(F)cc2F)CC1. The fraction of sp³-hybridized carbons (Fsp3) is 0.304. The molecule has 1 aliphatic heterocycles. The van der Waals surface area contributed by atoms with Gasteiger partial charge in [0.15, 0.2) is 0 Å². The summed E-state index contributed by atoms with van der Waals surface area (Å²) >= 11 is 0. The molecule has 0 aromatic heterocycles. The van der Waals surface area contributed by atoms with Gasteiger partial charge in [-0.2, -0.15) is 13.2 Å². The summed E-state index contributed by atoms with van der Waals surface area (Å²) in [6.07, 6.45) is -3.73. The number of carbonyl (C=O) groups excluding carboxylic acids is 2. The molecule has 3 rings (SSSR count). The van der Waals surface area contributed by atoms with Crippen molar-refractivity contribution in [1.29, 1.82) is 0 Å². The lowest BCUT2D eigenvalue weighted by Gasteiger charge is -2.31. The van der Waals surface area contributed by atoms with Gasteiger partial charge in [0.05, 0.1) is 17.7 Å². The minimum absolute atomic E-state index is 0.0327. The number of nitrogens with one attached hydrogen (secondary N) is 1. The van der Waals surface area contributed by atoms with Crippen molar-refractivity contribution in [3.05, 3.63) is 70.8 Å². The molecule has 0 aliphatic carbocycles. The molecule has 0 bridgehead atoms. The van der Waals surface area contributed by atoms with Crippen LogP contribution < -0.4 is 5.32 Å². The summed E-state index contributed by atoms with van der Waals surface area (Å²) in [6, 6.07) is 7.35. The highest BCUT2D eigenvalue weighted by molar-refractivity contribution is 5.94. The fourth-order valence-corrected chi connectivity index (χ4v) is 3.37. The van der Waals surface area contributed by atoms with Crippen LogP contribution in [0.4, 0.5) is 22.0 Å². The zero-order valence-corrected chi connectivity index (χ0v) is 16.8. The van der Waals surface area contributed by atoms with Crippen LogP contribution in [-0.2, 0) is 11.0 Å². The summed E-state index contributed by atoms with van der Waals surface area (Å²) in [4.78, 5) is 26.1. The van der Waals surface area contributed by atoms with Crippen LogP contribution in [-0.4, -0.2) is 36.3 Å². The molecule has 1 saturated heterocycles. The number of rotatable bonds is 3. The quantitative estimate of drug-likeness (QED) is 0.568. The average Bonchev–Trinajstić information content (AvgIpc) is 2.76. The Morgan fingerprint density at radius 3 is 2.44 bits per heavy atom. The Morgan fingerprint density at radius 2 is 1.78 bits per heavy atom.